The first kappa shape index (κ1) is 15.8. The molecule has 8 nitrogen and oxygen atoms in total. The van der Waals surface area contributed by atoms with E-state index in [1.54, 1.807) is 25.4 Å². The van der Waals surface area contributed by atoms with E-state index in [0.717, 1.165) is 24.6 Å². The number of nitrogens with one attached hydrogen (secondary N) is 2. The summed E-state index contributed by atoms with van der Waals surface area (Å²) in [4.78, 5) is 26.7. The molecular formula is C17H21N7O. The Hall–Kier alpha value is -2.74. The average molecular weight is 339 g/mol. The molecule has 2 aliphatic rings. The Morgan fingerprint density at radius 1 is 1.24 bits per heavy atom. The van der Waals surface area contributed by atoms with Crippen LogP contribution in [0.25, 0.3) is 0 Å². The van der Waals surface area contributed by atoms with Gasteiger partial charge in [-0.25, -0.2) is 4.98 Å². The highest BCUT2D eigenvalue weighted by atomic mass is 16.1. The largest absolute Gasteiger partial charge is 0.364 e. The first-order chi connectivity index (χ1) is 12.1. The van der Waals surface area contributed by atoms with Gasteiger partial charge in [-0.05, 0) is 31.9 Å². The normalized spacial score (nSPS) is 22.0. The van der Waals surface area contributed by atoms with Crippen LogP contribution in [0, 0.1) is 6.92 Å². The third kappa shape index (κ3) is 3.12. The first-order valence-corrected chi connectivity index (χ1v) is 8.46. The van der Waals surface area contributed by atoms with Gasteiger partial charge < -0.3 is 21.3 Å². The molecule has 2 aromatic heterocycles. The van der Waals surface area contributed by atoms with E-state index in [4.69, 9.17) is 5.73 Å². The summed E-state index contributed by atoms with van der Waals surface area (Å²) in [5, 5.41) is 6.79. The number of nitrogens with zero attached hydrogens (tertiary/aromatic N) is 4. The molecule has 2 aliphatic heterocycles. The molecule has 2 bridgehead atoms. The van der Waals surface area contributed by atoms with E-state index in [1.165, 1.54) is 12.8 Å². The van der Waals surface area contributed by atoms with Gasteiger partial charge in [-0.3, -0.25) is 9.78 Å². The van der Waals surface area contributed by atoms with Crippen LogP contribution in [0.15, 0.2) is 24.5 Å². The monoisotopic (exact) mass is 339 g/mol. The Labute approximate surface area is 145 Å². The van der Waals surface area contributed by atoms with Gasteiger partial charge in [0.1, 0.15) is 11.5 Å². The average Bonchev–Trinajstić information content (AvgIpc) is 2.94. The summed E-state index contributed by atoms with van der Waals surface area (Å²) in [5.41, 5.74) is 7.02. The second-order valence-electron chi connectivity index (χ2n) is 6.60. The van der Waals surface area contributed by atoms with Gasteiger partial charge in [0.2, 0.25) is 5.95 Å². The zero-order valence-electron chi connectivity index (χ0n) is 14.1. The second-order valence-corrected chi connectivity index (χ2v) is 6.60. The van der Waals surface area contributed by atoms with Gasteiger partial charge in [-0.2, -0.15) is 4.98 Å². The van der Waals surface area contributed by atoms with Crippen LogP contribution in [-0.2, 0) is 0 Å². The number of carbonyl (C=O) groups excluding carboxylic acids is 1. The van der Waals surface area contributed by atoms with E-state index in [1.807, 2.05) is 6.07 Å². The molecule has 0 saturated carbocycles. The number of fused-ring (bicyclic) bond motifs is 2. The van der Waals surface area contributed by atoms with Gasteiger partial charge in [-0.1, -0.05) is 0 Å². The summed E-state index contributed by atoms with van der Waals surface area (Å²) < 4.78 is 0. The lowest BCUT2D eigenvalue weighted by molar-refractivity contribution is 0.0995. The van der Waals surface area contributed by atoms with Crippen LogP contribution < -0.4 is 21.3 Å². The summed E-state index contributed by atoms with van der Waals surface area (Å²) >= 11 is 0. The van der Waals surface area contributed by atoms with Gasteiger partial charge in [0, 0.05) is 48.8 Å². The maximum absolute atomic E-state index is 11.4. The van der Waals surface area contributed by atoms with E-state index in [2.05, 4.69) is 30.5 Å². The summed E-state index contributed by atoms with van der Waals surface area (Å²) in [6.45, 7) is 3.73. The molecule has 2 aromatic rings. The van der Waals surface area contributed by atoms with Crippen LogP contribution in [0.2, 0.25) is 0 Å². The summed E-state index contributed by atoms with van der Waals surface area (Å²) in [6, 6.07) is 4.81. The van der Waals surface area contributed by atoms with Crippen molar-refractivity contribution >= 4 is 23.4 Å². The van der Waals surface area contributed by atoms with Crippen LogP contribution in [0.4, 0.5) is 17.5 Å². The summed E-state index contributed by atoms with van der Waals surface area (Å²) in [6.07, 6.45) is 5.75. The number of piperazine rings is 1. The SMILES string of the molecule is Cc1c(Nc2nccc(N3C[C@H]4CC[C@@H](C3)N4)n2)ccnc1C(N)=O. The number of aromatic nitrogens is 3. The van der Waals surface area contributed by atoms with Gasteiger partial charge in [0.05, 0.1) is 0 Å². The maximum Gasteiger partial charge on any atom is 0.267 e. The molecule has 0 radical (unpaired) electrons. The molecule has 1 amide bonds. The van der Waals surface area contributed by atoms with Crippen molar-refractivity contribution in [2.24, 2.45) is 5.73 Å². The van der Waals surface area contributed by atoms with E-state index >= 15 is 0 Å². The molecule has 2 fully saturated rings. The standard InChI is InChI=1S/C17H21N7O/c1-10-13(4-6-19-15(10)16(18)25)22-17-20-7-5-14(23-17)24-8-11-2-3-12(9-24)21-11/h4-7,11-12,21H,2-3,8-9H2,1H3,(H2,18,25)(H,19,20,22,23)/t11-,12+. The highest BCUT2D eigenvalue weighted by Gasteiger charge is 2.32. The van der Waals surface area contributed by atoms with Crippen molar-refractivity contribution in [3.05, 3.63) is 35.8 Å². The van der Waals surface area contributed by atoms with Crippen LogP contribution in [-0.4, -0.2) is 46.0 Å². The maximum atomic E-state index is 11.4. The Kier molecular flexibility index (Phi) is 3.96. The summed E-state index contributed by atoms with van der Waals surface area (Å²) in [5.74, 6) is 0.859. The molecule has 2 saturated heterocycles. The molecule has 0 aliphatic carbocycles. The van der Waals surface area contributed by atoms with E-state index in [0.29, 0.717) is 23.6 Å². The quantitative estimate of drug-likeness (QED) is 0.761. The third-order valence-electron chi connectivity index (χ3n) is 4.87. The lowest BCUT2D eigenvalue weighted by Gasteiger charge is -2.33. The topological polar surface area (TPSA) is 109 Å². The minimum atomic E-state index is -0.549. The van der Waals surface area contributed by atoms with Crippen molar-refractivity contribution in [3.8, 4) is 0 Å². The van der Waals surface area contributed by atoms with Gasteiger partial charge >= 0.3 is 0 Å². The fraction of sp³-hybridized carbons (Fsp3) is 0.412. The molecule has 8 heteroatoms. The van der Waals surface area contributed by atoms with E-state index in [-0.39, 0.29) is 5.69 Å². The van der Waals surface area contributed by atoms with Crippen molar-refractivity contribution < 1.29 is 4.79 Å². The minimum Gasteiger partial charge on any atom is -0.364 e. The molecule has 2 atom stereocenters. The Bertz CT molecular complexity index is 797. The fourth-order valence-electron chi connectivity index (χ4n) is 3.61. The number of primary amides is 1. The molecule has 25 heavy (non-hydrogen) atoms. The fourth-order valence-corrected chi connectivity index (χ4v) is 3.61. The number of anilines is 3. The lowest BCUT2D eigenvalue weighted by Crippen LogP contribution is -2.51. The predicted molar refractivity (Wildman–Crippen MR) is 95.0 cm³/mol. The van der Waals surface area contributed by atoms with Crippen LogP contribution in [0.1, 0.15) is 28.9 Å². The zero-order chi connectivity index (χ0) is 17.4. The van der Waals surface area contributed by atoms with E-state index in [9.17, 15) is 4.79 Å². The predicted octanol–water partition coefficient (Wildman–Crippen LogP) is 0.963. The highest BCUT2D eigenvalue weighted by molar-refractivity contribution is 5.93. The minimum absolute atomic E-state index is 0.250. The van der Waals surface area contributed by atoms with Gasteiger partial charge in [-0.15, -0.1) is 0 Å². The number of nitrogens with two attached hydrogens (primary N) is 1. The molecule has 4 N–H and O–H groups in total. The Morgan fingerprint density at radius 2 is 1.96 bits per heavy atom. The highest BCUT2D eigenvalue weighted by Crippen LogP contribution is 2.25. The van der Waals surface area contributed by atoms with Crippen molar-refractivity contribution in [3.63, 3.8) is 0 Å². The van der Waals surface area contributed by atoms with Crippen molar-refractivity contribution in [2.75, 3.05) is 23.3 Å². The zero-order valence-corrected chi connectivity index (χ0v) is 14.1. The van der Waals surface area contributed by atoms with Gasteiger partial charge in [0.15, 0.2) is 0 Å². The van der Waals surface area contributed by atoms with Crippen LogP contribution in [0.3, 0.4) is 0 Å². The number of pyridine rings is 1. The summed E-state index contributed by atoms with van der Waals surface area (Å²) in [7, 11) is 0. The Morgan fingerprint density at radius 3 is 2.68 bits per heavy atom. The van der Waals surface area contributed by atoms with Gasteiger partial charge in [0.25, 0.3) is 5.91 Å². The molecule has 130 valence electrons. The number of rotatable bonds is 4. The number of carbonyl (C=O) groups is 1. The lowest BCUT2D eigenvalue weighted by atomic mass is 10.1. The Balaban J connectivity index is 1.56. The van der Waals surface area contributed by atoms with Crippen LogP contribution >= 0.6 is 0 Å². The van der Waals surface area contributed by atoms with Crippen molar-refractivity contribution in [2.45, 2.75) is 31.8 Å². The second kappa shape index (κ2) is 6.29. The smallest absolute Gasteiger partial charge is 0.267 e. The van der Waals surface area contributed by atoms with Crippen molar-refractivity contribution in [1.82, 2.24) is 20.3 Å². The van der Waals surface area contributed by atoms with Crippen molar-refractivity contribution in [1.29, 1.82) is 0 Å². The van der Waals surface area contributed by atoms with Crippen LogP contribution in [0.5, 0.6) is 0 Å². The molecular weight excluding hydrogens is 318 g/mol. The molecule has 0 spiro atoms. The molecule has 4 heterocycles. The number of hydrogen-bond acceptors (Lipinski definition) is 7. The molecule has 0 unspecified atom stereocenters. The third-order valence-corrected chi connectivity index (χ3v) is 4.87. The van der Waals surface area contributed by atoms with E-state index < -0.39 is 5.91 Å². The number of hydrogen-bond donors (Lipinski definition) is 3. The molecule has 4 rings (SSSR count). The molecule has 0 aromatic carbocycles. The number of amides is 1. The first-order valence-electron chi connectivity index (χ1n) is 8.46.